The number of benzene rings is 2. The zero-order chi connectivity index (χ0) is 14.7. The van der Waals surface area contributed by atoms with Gasteiger partial charge < -0.3 is 14.9 Å². The number of hydrogen-bond donors (Lipinski definition) is 2. The Bertz CT molecular complexity index is 658. The van der Waals surface area contributed by atoms with Crippen molar-refractivity contribution in [2.75, 3.05) is 0 Å². The van der Waals surface area contributed by atoms with Crippen LogP contribution in [0.1, 0.15) is 26.3 Å². The van der Waals surface area contributed by atoms with Crippen molar-refractivity contribution >= 4 is 11.9 Å². The lowest BCUT2D eigenvalue weighted by Crippen LogP contribution is -1.99. The summed E-state index contributed by atoms with van der Waals surface area (Å²) in [5, 5.41) is 17.7. The highest BCUT2D eigenvalue weighted by molar-refractivity contribution is 5.89. The first-order valence-corrected chi connectivity index (χ1v) is 5.82. The van der Waals surface area contributed by atoms with Crippen molar-refractivity contribution in [3.63, 3.8) is 0 Å². The van der Waals surface area contributed by atoms with Gasteiger partial charge >= 0.3 is 11.9 Å². The summed E-state index contributed by atoms with van der Waals surface area (Å²) in [5.41, 5.74) is 0.991. The van der Waals surface area contributed by atoms with Gasteiger partial charge in [0.15, 0.2) is 0 Å². The van der Waals surface area contributed by atoms with Crippen molar-refractivity contribution in [3.8, 4) is 11.5 Å². The molecule has 2 aromatic carbocycles. The molecule has 0 fully saturated rings. The van der Waals surface area contributed by atoms with E-state index in [1.54, 1.807) is 31.2 Å². The average Bonchev–Trinajstić information content (AvgIpc) is 2.39. The van der Waals surface area contributed by atoms with Gasteiger partial charge in [-0.05, 0) is 55.0 Å². The van der Waals surface area contributed by atoms with Crippen LogP contribution in [-0.2, 0) is 0 Å². The average molecular weight is 272 g/mol. The van der Waals surface area contributed by atoms with E-state index in [4.69, 9.17) is 14.9 Å². The number of rotatable bonds is 4. The number of carboxylic acids is 2. The van der Waals surface area contributed by atoms with E-state index >= 15 is 0 Å². The Morgan fingerprint density at radius 1 is 0.900 bits per heavy atom. The lowest BCUT2D eigenvalue weighted by molar-refractivity contribution is 0.0685. The first kappa shape index (κ1) is 13.6. The molecule has 2 N–H and O–H groups in total. The van der Waals surface area contributed by atoms with Gasteiger partial charge in [0.05, 0.1) is 11.1 Å². The van der Waals surface area contributed by atoms with Gasteiger partial charge in [-0.3, -0.25) is 0 Å². The Labute approximate surface area is 115 Å². The normalized spacial score (nSPS) is 10.1. The molecule has 2 aromatic rings. The highest BCUT2D eigenvalue weighted by atomic mass is 16.5. The molecule has 0 aliphatic carbocycles. The van der Waals surface area contributed by atoms with Crippen LogP contribution >= 0.6 is 0 Å². The van der Waals surface area contributed by atoms with Crippen LogP contribution in [0.3, 0.4) is 0 Å². The lowest BCUT2D eigenvalue weighted by Gasteiger charge is -2.08. The molecule has 0 unspecified atom stereocenters. The number of carboxylic acid groups (broad SMARTS) is 2. The Balaban J connectivity index is 2.19. The second-order valence-corrected chi connectivity index (χ2v) is 4.21. The van der Waals surface area contributed by atoms with Crippen LogP contribution in [-0.4, -0.2) is 22.2 Å². The maximum atomic E-state index is 10.9. The fraction of sp³-hybridized carbons (Fsp3) is 0.0667. The van der Waals surface area contributed by atoms with Gasteiger partial charge in [0.2, 0.25) is 0 Å². The molecule has 0 bridgehead atoms. The summed E-state index contributed by atoms with van der Waals surface area (Å²) < 4.78 is 5.54. The Morgan fingerprint density at radius 2 is 1.50 bits per heavy atom. The van der Waals surface area contributed by atoms with Crippen molar-refractivity contribution in [3.05, 3.63) is 59.2 Å². The molecule has 0 saturated heterocycles. The molecule has 0 saturated carbocycles. The Morgan fingerprint density at radius 3 is 2.00 bits per heavy atom. The second-order valence-electron chi connectivity index (χ2n) is 4.21. The maximum Gasteiger partial charge on any atom is 0.335 e. The van der Waals surface area contributed by atoms with Crippen LogP contribution in [0.4, 0.5) is 0 Å². The van der Waals surface area contributed by atoms with Crippen LogP contribution in [0.15, 0.2) is 42.5 Å². The third-order valence-electron chi connectivity index (χ3n) is 2.77. The quantitative estimate of drug-likeness (QED) is 0.893. The molecule has 0 spiro atoms. The SMILES string of the molecule is Cc1cc(Oc2ccc(C(=O)O)cc2)ccc1C(=O)O. The zero-order valence-corrected chi connectivity index (χ0v) is 10.7. The Kier molecular flexibility index (Phi) is 3.70. The second kappa shape index (κ2) is 5.44. The third-order valence-corrected chi connectivity index (χ3v) is 2.77. The van der Waals surface area contributed by atoms with Crippen LogP contribution in [0.5, 0.6) is 11.5 Å². The van der Waals surface area contributed by atoms with E-state index in [1.165, 1.54) is 18.2 Å². The van der Waals surface area contributed by atoms with Gasteiger partial charge in [-0.2, -0.15) is 0 Å². The lowest BCUT2D eigenvalue weighted by atomic mass is 10.1. The molecule has 5 heteroatoms. The van der Waals surface area contributed by atoms with Crippen molar-refractivity contribution < 1.29 is 24.5 Å². The molecule has 0 amide bonds. The highest BCUT2D eigenvalue weighted by Crippen LogP contribution is 2.24. The van der Waals surface area contributed by atoms with Gasteiger partial charge in [-0.15, -0.1) is 0 Å². The van der Waals surface area contributed by atoms with Crippen LogP contribution in [0.25, 0.3) is 0 Å². The summed E-state index contributed by atoms with van der Waals surface area (Å²) in [6, 6.07) is 10.6. The van der Waals surface area contributed by atoms with Crippen LogP contribution in [0, 0.1) is 6.92 Å². The number of hydrogen-bond acceptors (Lipinski definition) is 3. The topological polar surface area (TPSA) is 83.8 Å². The van der Waals surface area contributed by atoms with Crippen molar-refractivity contribution in [2.45, 2.75) is 6.92 Å². The molecular weight excluding hydrogens is 260 g/mol. The number of carbonyl (C=O) groups is 2. The van der Waals surface area contributed by atoms with Gasteiger partial charge in [-0.25, -0.2) is 9.59 Å². The molecule has 5 nitrogen and oxygen atoms in total. The summed E-state index contributed by atoms with van der Waals surface area (Å²) in [6.07, 6.45) is 0. The van der Waals surface area contributed by atoms with Crippen molar-refractivity contribution in [1.82, 2.24) is 0 Å². The number of aryl methyl sites for hydroxylation is 1. The predicted octanol–water partition coefficient (Wildman–Crippen LogP) is 3.18. The van der Waals surface area contributed by atoms with Gasteiger partial charge in [0.25, 0.3) is 0 Å². The molecule has 102 valence electrons. The Hall–Kier alpha value is -2.82. The third kappa shape index (κ3) is 2.95. The van der Waals surface area contributed by atoms with E-state index in [9.17, 15) is 9.59 Å². The molecular formula is C15H12O5. The minimum absolute atomic E-state index is 0.176. The molecule has 0 atom stereocenters. The van der Waals surface area contributed by atoms with Crippen molar-refractivity contribution in [1.29, 1.82) is 0 Å². The summed E-state index contributed by atoms with van der Waals surface area (Å²) in [4.78, 5) is 21.6. The molecule has 0 aliphatic heterocycles. The first-order chi connectivity index (χ1) is 9.47. The van der Waals surface area contributed by atoms with Gasteiger partial charge in [0, 0.05) is 0 Å². The summed E-state index contributed by atoms with van der Waals surface area (Å²) in [7, 11) is 0. The summed E-state index contributed by atoms with van der Waals surface area (Å²) in [6.45, 7) is 1.68. The van der Waals surface area contributed by atoms with Crippen LogP contribution in [0.2, 0.25) is 0 Å². The standard InChI is InChI=1S/C15H12O5/c1-9-8-12(6-7-13(9)15(18)19)20-11-4-2-10(3-5-11)14(16)17/h2-8H,1H3,(H,16,17)(H,18,19). The number of aromatic carboxylic acids is 2. The van der Waals surface area contributed by atoms with E-state index in [0.29, 0.717) is 17.1 Å². The molecule has 2 rings (SSSR count). The van der Waals surface area contributed by atoms with E-state index in [0.717, 1.165) is 0 Å². The van der Waals surface area contributed by atoms with Gasteiger partial charge in [-0.1, -0.05) is 0 Å². The summed E-state index contributed by atoms with van der Waals surface area (Å²) >= 11 is 0. The molecule has 0 radical (unpaired) electrons. The predicted molar refractivity (Wildman–Crippen MR) is 71.6 cm³/mol. The minimum atomic E-state index is -1.00. The molecule has 0 aromatic heterocycles. The van der Waals surface area contributed by atoms with E-state index < -0.39 is 11.9 Å². The van der Waals surface area contributed by atoms with E-state index in [-0.39, 0.29) is 11.1 Å². The monoisotopic (exact) mass is 272 g/mol. The smallest absolute Gasteiger partial charge is 0.335 e. The first-order valence-electron chi connectivity index (χ1n) is 5.82. The molecule has 0 aliphatic rings. The fourth-order valence-corrected chi connectivity index (χ4v) is 1.74. The highest BCUT2D eigenvalue weighted by Gasteiger charge is 2.08. The van der Waals surface area contributed by atoms with Crippen molar-refractivity contribution in [2.24, 2.45) is 0 Å². The molecule has 0 heterocycles. The largest absolute Gasteiger partial charge is 0.478 e. The molecule has 20 heavy (non-hydrogen) atoms. The van der Waals surface area contributed by atoms with Crippen LogP contribution < -0.4 is 4.74 Å². The minimum Gasteiger partial charge on any atom is -0.478 e. The van der Waals surface area contributed by atoms with E-state index in [2.05, 4.69) is 0 Å². The zero-order valence-electron chi connectivity index (χ0n) is 10.7. The fourth-order valence-electron chi connectivity index (χ4n) is 1.74. The van der Waals surface area contributed by atoms with Gasteiger partial charge in [0.1, 0.15) is 11.5 Å². The maximum absolute atomic E-state index is 10.9. The summed E-state index contributed by atoms with van der Waals surface area (Å²) in [5.74, 6) is -1.01. The number of ether oxygens (including phenoxy) is 1. The van der Waals surface area contributed by atoms with E-state index in [1.807, 2.05) is 0 Å².